The van der Waals surface area contributed by atoms with Crippen LogP contribution in [-0.2, 0) is 0 Å². The molecule has 0 aliphatic rings. The van der Waals surface area contributed by atoms with Crippen molar-refractivity contribution in [2.75, 3.05) is 7.05 Å². The quantitative estimate of drug-likeness (QED) is 0.589. The lowest BCUT2D eigenvalue weighted by atomic mass is 10.3. The predicted molar refractivity (Wildman–Crippen MR) is 99.0 cm³/mol. The molecule has 20 heavy (non-hydrogen) atoms. The zero-order valence-electron chi connectivity index (χ0n) is 14.6. The van der Waals surface area contributed by atoms with E-state index in [9.17, 15) is 0 Å². The Morgan fingerprint density at radius 3 is 1.60 bits per heavy atom. The Morgan fingerprint density at radius 1 is 0.800 bits per heavy atom. The van der Waals surface area contributed by atoms with Gasteiger partial charge in [-0.25, -0.2) is 0 Å². The second-order valence-electron chi connectivity index (χ2n) is 2.74. The standard InChI is InChI=1S/C8H13N.C7H10.2C2H6/c1-4-6-7-8(5-2)9-3;1-3-5-7-6-4-2;2*1-2/h4-7,9H,1H2,2-3H3;3-7H,1H2,2H3;2*1-2H3/b7-6-,8-5+;6-4-,7-5-;;. The second kappa shape index (κ2) is 36.0. The molecular formula is C19H35N. The Balaban J connectivity index is -0.000000104. The van der Waals surface area contributed by atoms with Crippen LogP contribution in [0.3, 0.4) is 0 Å². The largest absolute Gasteiger partial charge is 0.388 e. The average molecular weight is 277 g/mol. The molecule has 1 N–H and O–H groups in total. The maximum absolute atomic E-state index is 3.56. The van der Waals surface area contributed by atoms with E-state index >= 15 is 0 Å². The predicted octanol–water partition coefficient (Wildman–Crippen LogP) is 6.21. The van der Waals surface area contributed by atoms with Crippen LogP contribution >= 0.6 is 0 Å². The van der Waals surface area contributed by atoms with Gasteiger partial charge in [-0.1, -0.05) is 89.5 Å². The maximum Gasteiger partial charge on any atom is 0.0294 e. The summed E-state index contributed by atoms with van der Waals surface area (Å²) >= 11 is 0. The van der Waals surface area contributed by atoms with Gasteiger partial charge >= 0.3 is 0 Å². The lowest BCUT2D eigenvalue weighted by Gasteiger charge is -1.95. The fourth-order valence-corrected chi connectivity index (χ4v) is 0.749. The van der Waals surface area contributed by atoms with E-state index in [1.54, 1.807) is 12.2 Å². The molecule has 0 saturated carbocycles. The Labute approximate surface area is 128 Å². The Kier molecular flexibility index (Phi) is 48.1. The molecule has 0 aromatic carbocycles. The van der Waals surface area contributed by atoms with Crippen molar-refractivity contribution < 1.29 is 0 Å². The van der Waals surface area contributed by atoms with E-state index in [0.29, 0.717) is 0 Å². The van der Waals surface area contributed by atoms with Crippen LogP contribution in [0.2, 0.25) is 0 Å². The number of hydrogen-bond acceptors (Lipinski definition) is 1. The van der Waals surface area contributed by atoms with E-state index in [-0.39, 0.29) is 0 Å². The molecule has 116 valence electrons. The number of nitrogens with one attached hydrogen (secondary N) is 1. The third-order valence-corrected chi connectivity index (χ3v) is 1.56. The Hall–Kier alpha value is -1.76. The van der Waals surface area contributed by atoms with Crippen molar-refractivity contribution in [3.63, 3.8) is 0 Å². The van der Waals surface area contributed by atoms with Crippen LogP contribution in [0.25, 0.3) is 0 Å². The van der Waals surface area contributed by atoms with Gasteiger partial charge in [-0.3, -0.25) is 0 Å². The number of hydrogen-bond donors (Lipinski definition) is 1. The van der Waals surface area contributed by atoms with Crippen molar-refractivity contribution in [2.45, 2.75) is 41.5 Å². The van der Waals surface area contributed by atoms with Crippen LogP contribution in [0.4, 0.5) is 0 Å². The van der Waals surface area contributed by atoms with Crippen LogP contribution in [0.15, 0.2) is 73.5 Å². The summed E-state index contributed by atoms with van der Waals surface area (Å²) in [6, 6.07) is 0. The van der Waals surface area contributed by atoms with Crippen molar-refractivity contribution in [1.82, 2.24) is 5.32 Å². The summed E-state index contributed by atoms with van der Waals surface area (Å²) < 4.78 is 0. The van der Waals surface area contributed by atoms with Gasteiger partial charge in [-0.2, -0.15) is 0 Å². The van der Waals surface area contributed by atoms with Gasteiger partial charge in [0.25, 0.3) is 0 Å². The van der Waals surface area contributed by atoms with E-state index in [0.717, 1.165) is 5.70 Å². The van der Waals surface area contributed by atoms with Gasteiger partial charge in [0.15, 0.2) is 0 Å². The first-order valence-electron chi connectivity index (χ1n) is 7.30. The van der Waals surface area contributed by atoms with Crippen LogP contribution in [0.1, 0.15) is 41.5 Å². The monoisotopic (exact) mass is 277 g/mol. The molecule has 1 nitrogen and oxygen atoms in total. The van der Waals surface area contributed by atoms with Crippen molar-refractivity contribution in [3.8, 4) is 0 Å². The highest BCUT2D eigenvalue weighted by atomic mass is 14.8. The smallest absolute Gasteiger partial charge is 0.0294 e. The summed E-state index contributed by atoms with van der Waals surface area (Å²) in [4.78, 5) is 0. The number of likely N-dealkylation sites (N-methyl/N-ethyl adjacent to an activating group) is 1. The minimum atomic E-state index is 1.11. The molecule has 0 aromatic heterocycles. The number of rotatable bonds is 5. The molecule has 0 unspecified atom stereocenters. The fraction of sp³-hybridized carbons (Fsp3) is 0.368. The molecule has 1 heteroatoms. The summed E-state index contributed by atoms with van der Waals surface area (Å²) in [6.07, 6.45) is 17.1. The van der Waals surface area contributed by atoms with E-state index < -0.39 is 0 Å². The minimum absolute atomic E-state index is 1.11. The maximum atomic E-state index is 3.56. The van der Waals surface area contributed by atoms with Gasteiger partial charge < -0.3 is 5.32 Å². The van der Waals surface area contributed by atoms with E-state index in [4.69, 9.17) is 0 Å². The third-order valence-electron chi connectivity index (χ3n) is 1.56. The lowest BCUT2D eigenvalue weighted by molar-refractivity contribution is 1.03. The Bertz CT molecular complexity index is 278. The zero-order valence-corrected chi connectivity index (χ0v) is 14.6. The van der Waals surface area contributed by atoms with Gasteiger partial charge in [-0.15, -0.1) is 0 Å². The third kappa shape index (κ3) is 36.0. The van der Waals surface area contributed by atoms with Gasteiger partial charge in [0, 0.05) is 12.7 Å². The van der Waals surface area contributed by atoms with Crippen molar-refractivity contribution in [3.05, 3.63) is 73.5 Å². The molecule has 0 atom stereocenters. The first kappa shape index (κ1) is 26.7. The first-order valence-corrected chi connectivity index (χ1v) is 7.30. The molecule has 0 bridgehead atoms. The molecular weight excluding hydrogens is 242 g/mol. The molecule has 0 aliphatic heterocycles. The molecule has 0 radical (unpaired) electrons. The highest BCUT2D eigenvalue weighted by Crippen LogP contribution is 1.88. The Morgan fingerprint density at radius 2 is 1.30 bits per heavy atom. The SMILES string of the molecule is C=C/C=C\C(=C/C)NC.C=C/C=C\C=C/C.CC.CC. The summed E-state index contributed by atoms with van der Waals surface area (Å²) in [5.41, 5.74) is 1.11. The van der Waals surface area contributed by atoms with Gasteiger partial charge in [0.2, 0.25) is 0 Å². The van der Waals surface area contributed by atoms with Crippen LogP contribution in [-0.4, -0.2) is 7.05 Å². The van der Waals surface area contributed by atoms with Crippen molar-refractivity contribution in [1.29, 1.82) is 0 Å². The van der Waals surface area contributed by atoms with Crippen molar-refractivity contribution >= 4 is 0 Å². The second-order valence-corrected chi connectivity index (χ2v) is 2.74. The molecule has 0 saturated heterocycles. The zero-order chi connectivity index (χ0) is 16.6. The fourth-order valence-electron chi connectivity index (χ4n) is 0.749. The molecule has 0 heterocycles. The van der Waals surface area contributed by atoms with Crippen LogP contribution in [0, 0.1) is 0 Å². The average Bonchev–Trinajstić information content (AvgIpc) is 2.53. The topological polar surface area (TPSA) is 12.0 Å². The van der Waals surface area contributed by atoms with Gasteiger partial charge in [0.1, 0.15) is 0 Å². The lowest BCUT2D eigenvalue weighted by Crippen LogP contribution is -2.01. The molecule has 0 spiro atoms. The molecule has 0 aromatic rings. The summed E-state index contributed by atoms with van der Waals surface area (Å²) in [5.74, 6) is 0. The minimum Gasteiger partial charge on any atom is -0.388 e. The number of allylic oxidation sites excluding steroid dienone is 9. The van der Waals surface area contributed by atoms with E-state index in [2.05, 4.69) is 18.5 Å². The van der Waals surface area contributed by atoms with Crippen LogP contribution < -0.4 is 5.32 Å². The van der Waals surface area contributed by atoms with E-state index in [1.165, 1.54) is 0 Å². The highest BCUT2D eigenvalue weighted by Gasteiger charge is 1.77. The van der Waals surface area contributed by atoms with Gasteiger partial charge in [0.05, 0.1) is 0 Å². The molecule has 0 fully saturated rings. The van der Waals surface area contributed by atoms with E-state index in [1.807, 2.05) is 91.1 Å². The normalized spacial score (nSPS) is 9.85. The molecule has 0 rings (SSSR count). The molecule has 0 aliphatic carbocycles. The summed E-state index contributed by atoms with van der Waals surface area (Å²) in [6.45, 7) is 19.0. The summed E-state index contributed by atoms with van der Waals surface area (Å²) in [5, 5.41) is 3.01. The summed E-state index contributed by atoms with van der Waals surface area (Å²) in [7, 11) is 1.89. The molecule has 0 amide bonds. The van der Waals surface area contributed by atoms with Crippen molar-refractivity contribution in [2.24, 2.45) is 0 Å². The van der Waals surface area contributed by atoms with Crippen LogP contribution in [0.5, 0.6) is 0 Å². The van der Waals surface area contributed by atoms with Gasteiger partial charge in [-0.05, 0) is 19.9 Å². The first-order chi connectivity index (χ1) is 9.76. The highest BCUT2D eigenvalue weighted by molar-refractivity contribution is 5.18.